The first-order chi connectivity index (χ1) is 7.88. The quantitative estimate of drug-likeness (QED) is 0.829. The number of nitrogens with one attached hydrogen (secondary N) is 1. The predicted octanol–water partition coefficient (Wildman–Crippen LogP) is 1.36. The normalized spacial score (nSPS) is 9.44. The molecule has 0 aliphatic heterocycles. The van der Waals surface area contributed by atoms with Crippen LogP contribution in [0.5, 0.6) is 0 Å². The van der Waals surface area contributed by atoms with Crippen LogP contribution in [0.15, 0.2) is 36.8 Å². The van der Waals surface area contributed by atoms with E-state index >= 15 is 0 Å². The Hall–Kier alpha value is -2.48. The summed E-state index contributed by atoms with van der Waals surface area (Å²) < 4.78 is 0. The largest absolute Gasteiger partial charge is 0.364 e. The van der Waals surface area contributed by atoms with Crippen molar-refractivity contribution in [1.29, 1.82) is 5.26 Å². The second kappa shape index (κ2) is 4.84. The van der Waals surface area contributed by atoms with Gasteiger partial charge >= 0.3 is 0 Å². The third kappa shape index (κ3) is 2.51. The Bertz CT molecular complexity index is 503. The van der Waals surface area contributed by atoms with Crippen molar-refractivity contribution < 1.29 is 0 Å². The standard InChI is InChI=1S/C11H9N5/c12-6-10-5-11(16-8-15-10)14-7-9-3-1-2-4-13-9/h1-5,8H,7H2,(H,14,15,16). The molecule has 0 radical (unpaired) electrons. The number of rotatable bonds is 3. The summed E-state index contributed by atoms with van der Waals surface area (Å²) in [4.78, 5) is 12.0. The Balaban J connectivity index is 2.03. The first-order valence-corrected chi connectivity index (χ1v) is 4.74. The fraction of sp³-hybridized carbons (Fsp3) is 0.0909. The third-order valence-corrected chi connectivity index (χ3v) is 1.96. The van der Waals surface area contributed by atoms with E-state index in [9.17, 15) is 0 Å². The van der Waals surface area contributed by atoms with E-state index in [1.54, 1.807) is 12.3 Å². The lowest BCUT2D eigenvalue weighted by molar-refractivity contribution is 1.02. The highest BCUT2D eigenvalue weighted by Gasteiger charge is 1.97. The Morgan fingerprint density at radius 3 is 2.94 bits per heavy atom. The van der Waals surface area contributed by atoms with Gasteiger partial charge in [-0.1, -0.05) is 6.07 Å². The van der Waals surface area contributed by atoms with Gasteiger partial charge in [-0.2, -0.15) is 5.26 Å². The fourth-order valence-corrected chi connectivity index (χ4v) is 1.20. The highest BCUT2D eigenvalue weighted by atomic mass is 15.0. The van der Waals surface area contributed by atoms with Crippen LogP contribution in [0.2, 0.25) is 0 Å². The van der Waals surface area contributed by atoms with Crippen molar-refractivity contribution in [3.8, 4) is 6.07 Å². The molecule has 0 amide bonds. The van der Waals surface area contributed by atoms with E-state index in [-0.39, 0.29) is 0 Å². The van der Waals surface area contributed by atoms with Crippen molar-refractivity contribution in [1.82, 2.24) is 15.0 Å². The minimum atomic E-state index is 0.346. The van der Waals surface area contributed by atoms with E-state index in [2.05, 4.69) is 20.3 Å². The van der Waals surface area contributed by atoms with Crippen molar-refractivity contribution in [3.63, 3.8) is 0 Å². The van der Waals surface area contributed by atoms with Crippen LogP contribution in [0.3, 0.4) is 0 Å². The zero-order chi connectivity index (χ0) is 11.2. The molecular formula is C11H9N5. The lowest BCUT2D eigenvalue weighted by Gasteiger charge is -2.03. The maximum Gasteiger partial charge on any atom is 0.145 e. The van der Waals surface area contributed by atoms with E-state index in [1.165, 1.54) is 6.33 Å². The van der Waals surface area contributed by atoms with Gasteiger partial charge in [-0.15, -0.1) is 0 Å². The lowest BCUT2D eigenvalue weighted by atomic mass is 10.3. The summed E-state index contributed by atoms with van der Waals surface area (Å²) in [7, 11) is 0. The average Bonchev–Trinajstić information content (AvgIpc) is 2.38. The topological polar surface area (TPSA) is 74.5 Å². The van der Waals surface area contributed by atoms with Crippen LogP contribution in [0.25, 0.3) is 0 Å². The van der Waals surface area contributed by atoms with Gasteiger partial charge in [0.1, 0.15) is 23.9 Å². The van der Waals surface area contributed by atoms with Crippen molar-refractivity contribution >= 4 is 5.82 Å². The molecule has 0 aliphatic carbocycles. The van der Waals surface area contributed by atoms with Gasteiger partial charge in [-0.3, -0.25) is 4.98 Å². The minimum Gasteiger partial charge on any atom is -0.364 e. The Morgan fingerprint density at radius 1 is 1.25 bits per heavy atom. The van der Waals surface area contributed by atoms with Crippen LogP contribution in [0.4, 0.5) is 5.82 Å². The van der Waals surface area contributed by atoms with Gasteiger partial charge in [-0.25, -0.2) is 9.97 Å². The molecule has 1 N–H and O–H groups in total. The van der Waals surface area contributed by atoms with Crippen LogP contribution in [-0.4, -0.2) is 15.0 Å². The zero-order valence-corrected chi connectivity index (χ0v) is 8.46. The number of hydrogen-bond acceptors (Lipinski definition) is 5. The van der Waals surface area contributed by atoms with E-state index in [0.717, 1.165) is 5.69 Å². The molecule has 0 atom stereocenters. The summed E-state index contributed by atoms with van der Waals surface area (Å²) in [5.41, 5.74) is 1.26. The summed E-state index contributed by atoms with van der Waals surface area (Å²) in [6, 6.07) is 9.26. The Kier molecular flexibility index (Phi) is 3.04. The van der Waals surface area contributed by atoms with Crippen LogP contribution < -0.4 is 5.32 Å². The molecule has 0 unspecified atom stereocenters. The number of hydrogen-bond donors (Lipinski definition) is 1. The molecule has 0 aromatic carbocycles. The summed E-state index contributed by atoms with van der Waals surface area (Å²) in [6.45, 7) is 0.572. The molecule has 5 nitrogen and oxygen atoms in total. The third-order valence-electron chi connectivity index (χ3n) is 1.96. The van der Waals surface area contributed by atoms with Gasteiger partial charge in [0.2, 0.25) is 0 Å². The summed E-state index contributed by atoms with van der Waals surface area (Å²) in [6.07, 6.45) is 3.09. The monoisotopic (exact) mass is 211 g/mol. The molecule has 2 aromatic heterocycles. The summed E-state index contributed by atoms with van der Waals surface area (Å²) in [5.74, 6) is 0.622. The number of nitriles is 1. The molecule has 0 fully saturated rings. The first kappa shape index (κ1) is 10.1. The van der Waals surface area contributed by atoms with Crippen LogP contribution >= 0.6 is 0 Å². The SMILES string of the molecule is N#Cc1cc(NCc2ccccn2)ncn1. The lowest BCUT2D eigenvalue weighted by Crippen LogP contribution is -2.03. The van der Waals surface area contributed by atoms with Gasteiger partial charge in [-0.05, 0) is 12.1 Å². The van der Waals surface area contributed by atoms with Crippen LogP contribution in [0.1, 0.15) is 11.4 Å². The molecule has 5 heteroatoms. The summed E-state index contributed by atoms with van der Waals surface area (Å²) >= 11 is 0. The van der Waals surface area contributed by atoms with Crippen LogP contribution in [0, 0.1) is 11.3 Å². The predicted molar refractivity (Wildman–Crippen MR) is 58.3 cm³/mol. The van der Waals surface area contributed by atoms with Crippen molar-refractivity contribution in [2.75, 3.05) is 5.32 Å². The Morgan fingerprint density at radius 2 is 2.19 bits per heavy atom. The van der Waals surface area contributed by atoms with Crippen molar-refractivity contribution in [2.24, 2.45) is 0 Å². The zero-order valence-electron chi connectivity index (χ0n) is 8.46. The first-order valence-electron chi connectivity index (χ1n) is 4.74. The average molecular weight is 211 g/mol. The van der Waals surface area contributed by atoms with Gasteiger partial charge in [0.25, 0.3) is 0 Å². The van der Waals surface area contributed by atoms with Gasteiger partial charge in [0.15, 0.2) is 0 Å². The molecule has 0 aliphatic rings. The molecular weight excluding hydrogens is 202 g/mol. The Labute approximate surface area is 92.8 Å². The van der Waals surface area contributed by atoms with E-state index in [1.807, 2.05) is 24.3 Å². The molecule has 16 heavy (non-hydrogen) atoms. The molecule has 2 aromatic rings. The maximum absolute atomic E-state index is 8.67. The number of aromatic nitrogens is 3. The van der Waals surface area contributed by atoms with Gasteiger partial charge < -0.3 is 5.32 Å². The smallest absolute Gasteiger partial charge is 0.145 e. The molecule has 0 saturated heterocycles. The van der Waals surface area contributed by atoms with Gasteiger partial charge in [0.05, 0.1) is 12.2 Å². The number of anilines is 1. The molecule has 0 bridgehead atoms. The maximum atomic E-state index is 8.67. The second-order valence-electron chi connectivity index (χ2n) is 3.07. The molecule has 2 rings (SSSR count). The minimum absolute atomic E-state index is 0.346. The van der Waals surface area contributed by atoms with E-state index in [0.29, 0.717) is 18.1 Å². The van der Waals surface area contributed by atoms with E-state index in [4.69, 9.17) is 5.26 Å². The molecule has 2 heterocycles. The molecule has 78 valence electrons. The van der Waals surface area contributed by atoms with Crippen LogP contribution in [-0.2, 0) is 6.54 Å². The second-order valence-corrected chi connectivity index (χ2v) is 3.07. The molecule has 0 spiro atoms. The fourth-order valence-electron chi connectivity index (χ4n) is 1.20. The van der Waals surface area contributed by atoms with Crippen molar-refractivity contribution in [3.05, 3.63) is 48.2 Å². The highest BCUT2D eigenvalue weighted by Crippen LogP contribution is 2.04. The van der Waals surface area contributed by atoms with Crippen molar-refractivity contribution in [2.45, 2.75) is 6.54 Å². The van der Waals surface area contributed by atoms with E-state index < -0.39 is 0 Å². The highest BCUT2D eigenvalue weighted by molar-refractivity contribution is 5.38. The summed E-state index contributed by atoms with van der Waals surface area (Å²) in [5, 5.41) is 11.7. The molecule has 0 saturated carbocycles. The number of nitrogens with zero attached hydrogens (tertiary/aromatic N) is 4. The number of pyridine rings is 1. The van der Waals surface area contributed by atoms with Gasteiger partial charge in [0, 0.05) is 12.3 Å².